The van der Waals surface area contributed by atoms with Crippen molar-refractivity contribution >= 4 is 12.4 Å². The number of nitrogens with zero attached hydrogens (tertiary/aromatic N) is 2. The van der Waals surface area contributed by atoms with Crippen LogP contribution in [0.1, 0.15) is 84.8 Å². The van der Waals surface area contributed by atoms with E-state index in [0.717, 1.165) is 53.5 Å². The largest absolute Gasteiger partial charge is 0.507 e. The van der Waals surface area contributed by atoms with Crippen LogP contribution < -0.4 is 0 Å². The van der Waals surface area contributed by atoms with Crippen LogP contribution in [0.2, 0.25) is 0 Å². The second-order valence-corrected chi connectivity index (χ2v) is 11.5. The lowest BCUT2D eigenvalue weighted by molar-refractivity contribution is 0.378. The van der Waals surface area contributed by atoms with Gasteiger partial charge in [0, 0.05) is 23.6 Å². The topological polar surface area (TPSA) is 65.2 Å². The molecule has 2 N–H and O–H groups in total. The molecule has 0 spiro atoms. The number of hydrogen-bond donors (Lipinski definition) is 2. The number of aromatic hydroxyl groups is 1. The highest BCUT2D eigenvalue weighted by atomic mass is 16.3. The van der Waals surface area contributed by atoms with Crippen LogP contribution in [-0.2, 0) is 5.41 Å². The molecule has 0 unspecified atom stereocenters. The Labute approximate surface area is 199 Å². The van der Waals surface area contributed by atoms with Crippen molar-refractivity contribution in [2.75, 3.05) is 0 Å². The van der Waals surface area contributed by atoms with Gasteiger partial charge in [-0.1, -0.05) is 78.7 Å². The Balaban J connectivity index is 1.83. The van der Waals surface area contributed by atoms with Crippen LogP contribution in [0, 0.1) is 5.41 Å². The van der Waals surface area contributed by atoms with Gasteiger partial charge >= 0.3 is 0 Å². The van der Waals surface area contributed by atoms with Crippen LogP contribution in [0.15, 0.2) is 63.3 Å². The van der Waals surface area contributed by atoms with Crippen molar-refractivity contribution in [3.05, 3.63) is 64.5 Å². The predicted octanol–water partition coefficient (Wildman–Crippen LogP) is 7.24. The van der Waals surface area contributed by atoms with Crippen LogP contribution in [0.4, 0.5) is 0 Å². The molecule has 0 aliphatic heterocycles. The molecule has 1 aromatic rings. The minimum Gasteiger partial charge on any atom is -0.507 e. The molecule has 0 saturated heterocycles. The van der Waals surface area contributed by atoms with E-state index in [9.17, 15) is 10.2 Å². The quantitative estimate of drug-likeness (QED) is 0.477. The first-order valence-electron chi connectivity index (χ1n) is 12.1. The van der Waals surface area contributed by atoms with Gasteiger partial charge in [0.2, 0.25) is 0 Å². The average molecular weight is 449 g/mol. The van der Waals surface area contributed by atoms with Crippen molar-refractivity contribution < 1.29 is 10.2 Å². The van der Waals surface area contributed by atoms with E-state index in [1.807, 2.05) is 30.5 Å². The molecule has 2 aliphatic rings. The smallest absolute Gasteiger partial charge is 0.128 e. The van der Waals surface area contributed by atoms with E-state index in [2.05, 4.69) is 48.1 Å². The summed E-state index contributed by atoms with van der Waals surface area (Å²) in [5.41, 5.74) is 4.14. The second-order valence-electron chi connectivity index (χ2n) is 11.5. The molecule has 0 radical (unpaired) electrons. The third-order valence-electron chi connectivity index (χ3n) is 6.61. The molecule has 4 nitrogen and oxygen atoms in total. The monoisotopic (exact) mass is 448 g/mol. The molecule has 0 bridgehead atoms. The van der Waals surface area contributed by atoms with Gasteiger partial charge < -0.3 is 10.2 Å². The Hall–Kier alpha value is -2.62. The van der Waals surface area contributed by atoms with E-state index in [-0.39, 0.29) is 22.9 Å². The highest BCUT2D eigenvalue weighted by molar-refractivity contribution is 5.86. The van der Waals surface area contributed by atoms with Gasteiger partial charge in [-0.3, -0.25) is 9.98 Å². The molecule has 33 heavy (non-hydrogen) atoms. The Kier molecular flexibility index (Phi) is 7.36. The molecule has 4 heteroatoms. The maximum Gasteiger partial charge on any atom is 0.128 e. The summed E-state index contributed by atoms with van der Waals surface area (Å²) >= 11 is 0. The van der Waals surface area contributed by atoms with Crippen LogP contribution >= 0.6 is 0 Å². The van der Waals surface area contributed by atoms with Crippen LogP contribution in [0.3, 0.4) is 0 Å². The highest BCUT2D eigenvalue weighted by Crippen LogP contribution is 2.38. The van der Waals surface area contributed by atoms with Crippen LogP contribution in [0.5, 0.6) is 5.75 Å². The van der Waals surface area contributed by atoms with Crippen molar-refractivity contribution in [2.45, 2.75) is 91.1 Å². The third kappa shape index (κ3) is 6.04. The highest BCUT2D eigenvalue weighted by Gasteiger charge is 2.27. The normalized spacial score (nSPS) is 23.0. The van der Waals surface area contributed by atoms with Crippen molar-refractivity contribution in [1.82, 2.24) is 0 Å². The standard InChI is InChI=1S/C29H40N2O2/c1-19-15-21(27(33)23(16-19)29(5,6)7)18-31-25-14-9-8-13-24(25)30-17-20-11-10-12-22(26(20)32)28(2,3)4/h10-12,15,17-18,24-25,32-33H,1,8-9,13-14,16H2,2-7H3/t24-,25-/m1/s1. The lowest BCUT2D eigenvalue weighted by Gasteiger charge is -2.29. The third-order valence-corrected chi connectivity index (χ3v) is 6.61. The van der Waals surface area contributed by atoms with Crippen molar-refractivity contribution in [1.29, 1.82) is 0 Å². The van der Waals surface area contributed by atoms with Gasteiger partial charge in [-0.15, -0.1) is 0 Å². The number of rotatable bonds is 4. The minimum atomic E-state index is -0.134. The zero-order chi connectivity index (χ0) is 24.4. The number of para-hydroxylation sites is 1. The maximum absolute atomic E-state index is 10.9. The average Bonchev–Trinajstić information content (AvgIpc) is 2.72. The Morgan fingerprint density at radius 1 is 0.909 bits per heavy atom. The fraction of sp³-hybridized carbons (Fsp3) is 0.517. The van der Waals surface area contributed by atoms with Crippen molar-refractivity contribution in [2.24, 2.45) is 15.4 Å². The molecule has 1 aromatic carbocycles. The predicted molar refractivity (Wildman–Crippen MR) is 140 cm³/mol. The number of benzene rings is 1. The van der Waals surface area contributed by atoms with E-state index in [1.165, 1.54) is 0 Å². The summed E-state index contributed by atoms with van der Waals surface area (Å²) in [6, 6.07) is 5.98. The molecular formula is C29H40N2O2. The first-order valence-corrected chi connectivity index (χ1v) is 12.1. The summed E-state index contributed by atoms with van der Waals surface area (Å²) in [5.74, 6) is 0.638. The first-order chi connectivity index (χ1) is 15.4. The first kappa shape index (κ1) is 25.0. The molecule has 0 heterocycles. The van der Waals surface area contributed by atoms with E-state index in [0.29, 0.717) is 17.9 Å². The van der Waals surface area contributed by atoms with Gasteiger partial charge in [0.15, 0.2) is 0 Å². The van der Waals surface area contributed by atoms with Crippen LogP contribution in [-0.4, -0.2) is 34.7 Å². The Morgan fingerprint density at radius 3 is 2.09 bits per heavy atom. The molecule has 3 rings (SSSR count). The van der Waals surface area contributed by atoms with Crippen molar-refractivity contribution in [3.8, 4) is 5.75 Å². The summed E-state index contributed by atoms with van der Waals surface area (Å²) in [5, 5.41) is 21.6. The zero-order valence-corrected chi connectivity index (χ0v) is 21.2. The number of hydrogen-bond acceptors (Lipinski definition) is 4. The second kappa shape index (κ2) is 9.70. The summed E-state index contributed by atoms with van der Waals surface area (Å²) < 4.78 is 0. The minimum absolute atomic E-state index is 0.0601. The molecule has 1 fully saturated rings. The zero-order valence-electron chi connectivity index (χ0n) is 21.2. The van der Waals surface area contributed by atoms with Gasteiger partial charge in [0.25, 0.3) is 0 Å². The lowest BCUT2D eigenvalue weighted by Crippen LogP contribution is -2.27. The molecule has 0 amide bonds. The number of aliphatic imine (C=N–C) groups is 2. The lowest BCUT2D eigenvalue weighted by atomic mass is 9.78. The molecule has 178 valence electrons. The maximum atomic E-state index is 10.9. The molecular weight excluding hydrogens is 408 g/mol. The molecule has 2 aliphatic carbocycles. The number of phenols is 1. The number of phenolic OH excluding ortho intramolecular Hbond substituents is 1. The molecule has 1 saturated carbocycles. The Bertz CT molecular complexity index is 1010. The van der Waals surface area contributed by atoms with Gasteiger partial charge in [-0.05, 0) is 53.4 Å². The number of aliphatic hydroxyl groups excluding tert-OH is 1. The number of allylic oxidation sites excluding steroid dienone is 4. The Morgan fingerprint density at radius 2 is 1.52 bits per heavy atom. The van der Waals surface area contributed by atoms with Gasteiger partial charge in [0.05, 0.1) is 12.1 Å². The summed E-state index contributed by atoms with van der Waals surface area (Å²) in [6.07, 6.45) is 10.4. The number of aliphatic hydroxyl groups is 1. The fourth-order valence-electron chi connectivity index (χ4n) is 4.61. The van der Waals surface area contributed by atoms with E-state index in [1.54, 1.807) is 6.21 Å². The summed E-state index contributed by atoms with van der Waals surface area (Å²) in [4.78, 5) is 9.74. The summed E-state index contributed by atoms with van der Waals surface area (Å²) in [6.45, 7) is 16.8. The van der Waals surface area contributed by atoms with E-state index < -0.39 is 0 Å². The van der Waals surface area contributed by atoms with Gasteiger partial charge in [-0.2, -0.15) is 0 Å². The fourth-order valence-corrected chi connectivity index (χ4v) is 4.61. The molecule has 2 atom stereocenters. The van der Waals surface area contributed by atoms with Gasteiger partial charge in [0.1, 0.15) is 11.5 Å². The SMILES string of the molecule is C=C1C=C(C=N[C@@H]2CCCC[C@H]2N=Cc2cccc(C(C)(C)C)c2O)C(O)=C(C(C)(C)C)C1. The van der Waals surface area contributed by atoms with Crippen LogP contribution in [0.25, 0.3) is 0 Å². The van der Waals surface area contributed by atoms with E-state index in [4.69, 9.17) is 9.98 Å². The van der Waals surface area contributed by atoms with Gasteiger partial charge in [-0.25, -0.2) is 0 Å². The summed E-state index contributed by atoms with van der Waals surface area (Å²) in [7, 11) is 0. The van der Waals surface area contributed by atoms with Crippen molar-refractivity contribution in [3.63, 3.8) is 0 Å². The van der Waals surface area contributed by atoms with E-state index >= 15 is 0 Å². The molecule has 0 aromatic heterocycles.